The van der Waals surface area contributed by atoms with E-state index in [2.05, 4.69) is 15.5 Å². The van der Waals surface area contributed by atoms with E-state index in [0.717, 1.165) is 23.5 Å². The van der Waals surface area contributed by atoms with Crippen LogP contribution >= 0.6 is 10.7 Å². The summed E-state index contributed by atoms with van der Waals surface area (Å²) in [5.74, 6) is 4.05. The van der Waals surface area contributed by atoms with Gasteiger partial charge >= 0.3 is 0 Å². The molecule has 0 spiro atoms. The van der Waals surface area contributed by atoms with E-state index in [9.17, 15) is 13.2 Å². The molecule has 1 atom stereocenters. The van der Waals surface area contributed by atoms with Crippen molar-refractivity contribution in [3.63, 3.8) is 0 Å². The smallest absolute Gasteiger partial charge is 0.264 e. The summed E-state index contributed by atoms with van der Waals surface area (Å²) < 4.78 is 34.9. The average Bonchev–Trinajstić information content (AvgIpc) is 2.90. The molecule has 0 aromatic heterocycles. The fraction of sp³-hybridized carbons (Fsp3) is 0.231. The fourth-order valence-electron chi connectivity index (χ4n) is 3.75. The van der Waals surface area contributed by atoms with Gasteiger partial charge in [-0.3, -0.25) is 9.10 Å². The van der Waals surface area contributed by atoms with E-state index in [1.807, 2.05) is 31.2 Å². The molecule has 0 bridgehead atoms. The molecular formula is C26H29N3O4S2. The van der Waals surface area contributed by atoms with E-state index in [1.165, 1.54) is 35.6 Å². The van der Waals surface area contributed by atoms with Crippen LogP contribution in [0.3, 0.4) is 0 Å². The molecule has 0 radical (unpaired) electrons. The van der Waals surface area contributed by atoms with Crippen LogP contribution in [0.5, 0.6) is 0 Å². The third-order valence-electron chi connectivity index (χ3n) is 5.88. The molecule has 4 rings (SSSR count). The monoisotopic (exact) mass is 511 g/mol. The molecular weight excluding hydrogens is 482 g/mol. The van der Waals surface area contributed by atoms with Gasteiger partial charge in [-0.15, -0.1) is 0 Å². The lowest BCUT2D eigenvalue weighted by Gasteiger charge is -2.30. The Morgan fingerprint density at radius 2 is 1.69 bits per heavy atom. The number of amides is 1. The summed E-state index contributed by atoms with van der Waals surface area (Å²) in [5.41, 5.74) is 2.72. The van der Waals surface area contributed by atoms with Crippen molar-refractivity contribution < 1.29 is 17.9 Å². The molecule has 1 N–H and O–H groups in total. The second-order valence-electron chi connectivity index (χ2n) is 8.17. The van der Waals surface area contributed by atoms with Gasteiger partial charge < -0.3 is 10.1 Å². The van der Waals surface area contributed by atoms with Crippen molar-refractivity contribution in [1.82, 2.24) is 4.31 Å². The zero-order chi connectivity index (χ0) is 25.0. The van der Waals surface area contributed by atoms with E-state index >= 15 is 0 Å². The van der Waals surface area contributed by atoms with Crippen LogP contribution in [0.2, 0.25) is 0 Å². The topological polar surface area (TPSA) is 79.0 Å². The van der Waals surface area contributed by atoms with Gasteiger partial charge in [0.15, 0.2) is 0 Å². The Hall–Kier alpha value is -2.98. The van der Waals surface area contributed by atoms with Gasteiger partial charge in [0.1, 0.15) is 0 Å². The van der Waals surface area contributed by atoms with Gasteiger partial charge in [0, 0.05) is 36.3 Å². The Kier molecular flexibility index (Phi) is 7.71. The lowest BCUT2D eigenvalue weighted by molar-refractivity contribution is 0.0771. The molecule has 1 unspecified atom stereocenters. The molecule has 7 nitrogen and oxygen atoms in total. The highest BCUT2D eigenvalue weighted by atomic mass is 32.2. The van der Waals surface area contributed by atoms with E-state index in [4.69, 9.17) is 4.74 Å². The maximum atomic E-state index is 13.0. The average molecular weight is 512 g/mol. The molecule has 184 valence electrons. The Bertz CT molecular complexity index is 1320. The Morgan fingerprint density at radius 1 is 1.03 bits per heavy atom. The number of nitrogens with zero attached hydrogens (tertiary/aromatic N) is 2. The number of carbonyl (C=O) groups is 1. The maximum absolute atomic E-state index is 13.0. The van der Waals surface area contributed by atoms with E-state index in [1.54, 1.807) is 24.3 Å². The van der Waals surface area contributed by atoms with E-state index < -0.39 is 10.0 Å². The van der Waals surface area contributed by atoms with Crippen molar-refractivity contribution in [3.8, 4) is 0 Å². The minimum atomic E-state index is -3.74. The molecule has 35 heavy (non-hydrogen) atoms. The molecule has 3 aromatic rings. The summed E-state index contributed by atoms with van der Waals surface area (Å²) in [6.45, 7) is 5.09. The number of sulfonamides is 1. The van der Waals surface area contributed by atoms with Crippen LogP contribution in [0.25, 0.3) is 0 Å². The number of ether oxygens (including phenoxy) is 1. The number of nitrogens with one attached hydrogen (secondary N) is 1. The predicted octanol–water partition coefficient (Wildman–Crippen LogP) is 4.38. The van der Waals surface area contributed by atoms with Crippen LogP contribution in [0.15, 0.2) is 82.6 Å². The number of rotatable bonds is 7. The van der Waals surface area contributed by atoms with Gasteiger partial charge in [0.25, 0.3) is 15.9 Å². The van der Waals surface area contributed by atoms with Gasteiger partial charge in [0.2, 0.25) is 0 Å². The zero-order valence-electron chi connectivity index (χ0n) is 19.8. The molecule has 1 saturated heterocycles. The van der Waals surface area contributed by atoms with Crippen LogP contribution in [0.4, 0.5) is 11.4 Å². The SMILES string of the molecule is C=S(c1cc(NC(=O)c2ccc(S(=O)(=O)N(C)c3ccccc3)cc2)ccc1C)N1CCOCC1. The number of hydrogen-bond acceptors (Lipinski definition) is 5. The normalized spacial score (nSPS) is 15.4. The number of hydrogen-bond donors (Lipinski definition) is 1. The standard InChI is InChI=1S/C26H29N3O4S2/c1-20-9-12-22(19-25(20)34(3)29-15-17-33-18-16-29)27-26(30)21-10-13-24(14-11-21)35(31,32)28(2)23-7-5-4-6-8-23/h4-14,19H,3,15-18H2,1-2H3,(H,27,30). The van der Waals surface area contributed by atoms with Crippen molar-refractivity contribution in [2.24, 2.45) is 0 Å². The van der Waals surface area contributed by atoms with Gasteiger partial charge in [-0.1, -0.05) is 40.8 Å². The van der Waals surface area contributed by atoms with Gasteiger partial charge in [-0.25, -0.2) is 12.7 Å². The Labute approximate surface area is 209 Å². The number of benzene rings is 3. The summed E-state index contributed by atoms with van der Waals surface area (Å²) in [5, 5.41) is 2.93. The van der Waals surface area contributed by atoms with Gasteiger partial charge in [-0.05, 0) is 61.0 Å². The first-order chi connectivity index (χ1) is 16.8. The zero-order valence-corrected chi connectivity index (χ0v) is 21.4. The molecule has 1 aliphatic rings. The van der Waals surface area contributed by atoms with Crippen molar-refractivity contribution in [3.05, 3.63) is 83.9 Å². The number of carbonyl (C=O) groups excluding carboxylic acids is 1. The molecule has 3 aromatic carbocycles. The minimum Gasteiger partial charge on any atom is -0.379 e. The van der Waals surface area contributed by atoms with Crippen LogP contribution in [0.1, 0.15) is 15.9 Å². The van der Waals surface area contributed by atoms with Gasteiger partial charge in [0.05, 0.1) is 23.8 Å². The molecule has 0 saturated carbocycles. The molecule has 1 fully saturated rings. The fourth-order valence-corrected chi connectivity index (χ4v) is 6.52. The van der Waals surface area contributed by atoms with Crippen LogP contribution < -0.4 is 9.62 Å². The van der Waals surface area contributed by atoms with Crippen molar-refractivity contribution in [2.45, 2.75) is 16.7 Å². The third kappa shape index (κ3) is 5.65. The maximum Gasteiger partial charge on any atom is 0.264 e. The highest BCUT2D eigenvalue weighted by Gasteiger charge is 2.22. The highest BCUT2D eigenvalue weighted by molar-refractivity contribution is 8.12. The first kappa shape index (κ1) is 25.1. The highest BCUT2D eigenvalue weighted by Crippen LogP contribution is 2.34. The molecule has 1 amide bonds. The molecule has 1 aliphatic heterocycles. The second-order valence-corrected chi connectivity index (χ2v) is 11.8. The number of para-hydroxylation sites is 1. The van der Waals surface area contributed by atoms with Crippen LogP contribution in [-0.4, -0.2) is 57.9 Å². The van der Waals surface area contributed by atoms with Gasteiger partial charge in [-0.2, -0.15) is 0 Å². The third-order valence-corrected chi connectivity index (χ3v) is 9.61. The molecule has 1 heterocycles. The van der Waals surface area contributed by atoms with Crippen molar-refractivity contribution in [1.29, 1.82) is 0 Å². The largest absolute Gasteiger partial charge is 0.379 e. The Morgan fingerprint density at radius 3 is 2.34 bits per heavy atom. The summed E-state index contributed by atoms with van der Waals surface area (Å²) in [6.07, 6.45) is 0. The second kappa shape index (κ2) is 10.7. The summed E-state index contributed by atoms with van der Waals surface area (Å²) in [7, 11) is -2.59. The summed E-state index contributed by atoms with van der Waals surface area (Å²) in [4.78, 5) is 14.1. The lowest BCUT2D eigenvalue weighted by Crippen LogP contribution is -2.32. The molecule has 9 heteroatoms. The number of aryl methyl sites for hydroxylation is 1. The first-order valence-electron chi connectivity index (χ1n) is 11.2. The quantitative estimate of drug-likeness (QED) is 0.477. The minimum absolute atomic E-state index is 0.115. The number of anilines is 2. The summed E-state index contributed by atoms with van der Waals surface area (Å²) >= 11 is 0. The van der Waals surface area contributed by atoms with E-state index in [-0.39, 0.29) is 21.5 Å². The lowest BCUT2D eigenvalue weighted by atomic mass is 10.2. The predicted molar refractivity (Wildman–Crippen MR) is 143 cm³/mol. The Balaban J connectivity index is 1.48. The first-order valence-corrected chi connectivity index (χ1v) is 14.0. The van der Waals surface area contributed by atoms with Crippen molar-refractivity contribution >= 4 is 43.8 Å². The van der Waals surface area contributed by atoms with Crippen LogP contribution in [-0.2, 0) is 14.8 Å². The van der Waals surface area contributed by atoms with Crippen molar-refractivity contribution in [2.75, 3.05) is 43.0 Å². The summed E-state index contributed by atoms with van der Waals surface area (Å²) in [6, 6.07) is 20.6. The molecule has 0 aliphatic carbocycles. The van der Waals surface area contributed by atoms with E-state index in [0.29, 0.717) is 30.2 Å². The number of morpholine rings is 1. The van der Waals surface area contributed by atoms with Crippen LogP contribution in [0, 0.1) is 6.92 Å².